The summed E-state index contributed by atoms with van der Waals surface area (Å²) in [4.78, 5) is 28.3. The number of aromatic nitrogens is 1. The molecule has 1 heterocycles. The zero-order valence-electron chi connectivity index (χ0n) is 13.2. The molecule has 0 saturated carbocycles. The number of thiazole rings is 1. The third-order valence-electron chi connectivity index (χ3n) is 3.97. The fourth-order valence-electron chi connectivity index (χ4n) is 2.77. The molecule has 2 N–H and O–H groups in total. The van der Waals surface area contributed by atoms with Crippen molar-refractivity contribution in [3.8, 4) is 0 Å². The first-order chi connectivity index (χ1) is 12.2. The number of fused-ring (bicyclic) bond motifs is 2. The number of hydrogen-bond acceptors (Lipinski definition) is 5. The molecule has 3 aromatic rings. The van der Waals surface area contributed by atoms with Crippen LogP contribution in [0.15, 0.2) is 53.6 Å². The summed E-state index contributed by atoms with van der Waals surface area (Å²) in [5, 5.41) is 7.01. The van der Waals surface area contributed by atoms with Crippen molar-refractivity contribution in [1.29, 1.82) is 0 Å². The number of anilines is 1. The summed E-state index contributed by atoms with van der Waals surface area (Å²) >= 11 is 1.32. The van der Waals surface area contributed by atoms with Gasteiger partial charge in [0.2, 0.25) is 0 Å². The van der Waals surface area contributed by atoms with Gasteiger partial charge in [-0.25, -0.2) is 10.4 Å². The number of carbonyl (C=O) groups is 2. The van der Waals surface area contributed by atoms with Crippen LogP contribution in [0.25, 0.3) is 10.2 Å². The molecule has 0 saturated heterocycles. The first kappa shape index (κ1) is 15.5. The molecule has 124 valence electrons. The molecule has 1 aliphatic rings. The maximum atomic E-state index is 12.0. The van der Waals surface area contributed by atoms with Gasteiger partial charge >= 0.3 is 11.8 Å². The number of rotatable bonds is 2. The van der Waals surface area contributed by atoms with Gasteiger partial charge in [0.25, 0.3) is 0 Å². The fraction of sp³-hybridized carbons (Fsp3) is 0.111. The van der Waals surface area contributed by atoms with Crippen LogP contribution in [0, 0.1) is 0 Å². The molecule has 7 heteroatoms. The van der Waals surface area contributed by atoms with Crippen LogP contribution in [0.5, 0.6) is 0 Å². The van der Waals surface area contributed by atoms with E-state index >= 15 is 0 Å². The fourth-order valence-corrected chi connectivity index (χ4v) is 3.63. The second-order valence-corrected chi connectivity index (χ2v) is 6.63. The van der Waals surface area contributed by atoms with Crippen LogP contribution in [0.3, 0.4) is 0 Å². The third-order valence-corrected chi connectivity index (χ3v) is 4.92. The molecule has 0 radical (unpaired) electrons. The van der Waals surface area contributed by atoms with Crippen LogP contribution >= 0.6 is 11.3 Å². The molecule has 1 aromatic heterocycles. The minimum absolute atomic E-state index is 0.389. The van der Waals surface area contributed by atoms with E-state index in [-0.39, 0.29) is 0 Å². The maximum absolute atomic E-state index is 12.0. The van der Waals surface area contributed by atoms with Gasteiger partial charge in [0.05, 0.1) is 15.9 Å². The highest BCUT2D eigenvalue weighted by Gasteiger charge is 2.19. The third kappa shape index (κ3) is 3.14. The first-order valence-electron chi connectivity index (χ1n) is 7.82. The van der Waals surface area contributed by atoms with Gasteiger partial charge in [0, 0.05) is 5.56 Å². The van der Waals surface area contributed by atoms with Crippen molar-refractivity contribution in [2.24, 2.45) is 5.10 Å². The average molecular weight is 350 g/mol. The summed E-state index contributed by atoms with van der Waals surface area (Å²) in [7, 11) is 0. The highest BCUT2D eigenvalue weighted by molar-refractivity contribution is 7.22. The van der Waals surface area contributed by atoms with E-state index in [1.165, 1.54) is 16.9 Å². The molecule has 0 atom stereocenters. The molecule has 0 unspecified atom stereocenters. The van der Waals surface area contributed by atoms with Gasteiger partial charge in [-0.3, -0.25) is 14.9 Å². The van der Waals surface area contributed by atoms with Gasteiger partial charge in [-0.05, 0) is 30.5 Å². The van der Waals surface area contributed by atoms with Crippen LogP contribution in [-0.4, -0.2) is 22.5 Å². The number of carbonyl (C=O) groups excluding carboxylic acids is 2. The van der Waals surface area contributed by atoms with Crippen molar-refractivity contribution in [3.63, 3.8) is 0 Å². The van der Waals surface area contributed by atoms with E-state index < -0.39 is 11.8 Å². The lowest BCUT2D eigenvalue weighted by molar-refractivity contribution is -0.136. The molecule has 2 aromatic carbocycles. The number of benzene rings is 2. The van der Waals surface area contributed by atoms with Gasteiger partial charge in [0.1, 0.15) is 0 Å². The van der Waals surface area contributed by atoms with Crippen molar-refractivity contribution in [2.45, 2.75) is 12.8 Å². The number of nitrogens with one attached hydrogen (secondary N) is 2. The van der Waals surface area contributed by atoms with Crippen molar-refractivity contribution in [1.82, 2.24) is 10.4 Å². The normalized spacial score (nSPS) is 14.5. The Morgan fingerprint density at radius 3 is 2.68 bits per heavy atom. The summed E-state index contributed by atoms with van der Waals surface area (Å²) in [6.45, 7) is 0. The van der Waals surface area contributed by atoms with Gasteiger partial charge in [-0.1, -0.05) is 47.7 Å². The quantitative estimate of drug-likeness (QED) is 0.551. The van der Waals surface area contributed by atoms with Gasteiger partial charge in [-0.2, -0.15) is 5.10 Å². The first-order valence-corrected chi connectivity index (χ1v) is 8.64. The van der Waals surface area contributed by atoms with Crippen LogP contribution in [0.4, 0.5) is 5.13 Å². The van der Waals surface area contributed by atoms with E-state index in [1.807, 2.05) is 48.5 Å². The Kier molecular flexibility index (Phi) is 3.99. The van der Waals surface area contributed by atoms with Crippen LogP contribution < -0.4 is 10.7 Å². The Hall–Kier alpha value is -3.06. The van der Waals surface area contributed by atoms with E-state index in [4.69, 9.17) is 0 Å². The summed E-state index contributed by atoms with van der Waals surface area (Å²) in [5.74, 6) is -1.59. The van der Waals surface area contributed by atoms with Crippen LogP contribution in [0.2, 0.25) is 0 Å². The molecule has 6 nitrogen and oxygen atoms in total. The summed E-state index contributed by atoms with van der Waals surface area (Å²) in [5.41, 5.74) is 6.13. The molecule has 4 rings (SSSR count). The molecule has 0 aliphatic heterocycles. The van der Waals surface area contributed by atoms with E-state index in [0.29, 0.717) is 5.13 Å². The SMILES string of the molecule is O=C(NN=C1CCc2ccccc21)C(=O)Nc1nc2ccccc2s1. The standard InChI is InChI=1S/C18H14N4O2S/c23-16(20-18-19-14-7-3-4-8-15(14)25-18)17(24)22-21-13-10-9-11-5-1-2-6-12(11)13/h1-8H,9-10H2,(H,22,24)(H,19,20,23). The maximum Gasteiger partial charge on any atom is 0.329 e. The number of amides is 2. The van der Waals surface area contributed by atoms with E-state index in [1.54, 1.807) is 0 Å². The largest absolute Gasteiger partial charge is 0.329 e. The van der Waals surface area contributed by atoms with Crippen molar-refractivity contribution >= 4 is 44.2 Å². The number of aryl methyl sites for hydroxylation is 1. The minimum Gasteiger partial charge on any atom is -0.294 e. The minimum atomic E-state index is -0.809. The Bertz CT molecular complexity index is 976. The Labute approximate surface area is 147 Å². The van der Waals surface area contributed by atoms with Crippen LogP contribution in [-0.2, 0) is 16.0 Å². The van der Waals surface area contributed by atoms with Gasteiger partial charge in [0.15, 0.2) is 5.13 Å². The predicted molar refractivity (Wildman–Crippen MR) is 97.7 cm³/mol. The predicted octanol–water partition coefficient (Wildman–Crippen LogP) is 2.70. The second-order valence-electron chi connectivity index (χ2n) is 5.60. The Balaban J connectivity index is 1.43. The Morgan fingerprint density at radius 1 is 1.00 bits per heavy atom. The summed E-state index contributed by atoms with van der Waals surface area (Å²) in [6, 6.07) is 15.4. The number of hydrazone groups is 1. The lowest BCUT2D eigenvalue weighted by Gasteiger charge is -2.02. The van der Waals surface area contributed by atoms with E-state index in [2.05, 4.69) is 20.8 Å². The molecule has 0 spiro atoms. The van der Waals surface area contributed by atoms with E-state index in [0.717, 1.165) is 34.3 Å². The van der Waals surface area contributed by atoms with Crippen LogP contribution in [0.1, 0.15) is 17.5 Å². The molecule has 0 fully saturated rings. The van der Waals surface area contributed by atoms with Gasteiger partial charge in [-0.15, -0.1) is 0 Å². The van der Waals surface area contributed by atoms with Crippen molar-refractivity contribution < 1.29 is 9.59 Å². The molecule has 0 bridgehead atoms. The van der Waals surface area contributed by atoms with E-state index in [9.17, 15) is 9.59 Å². The summed E-state index contributed by atoms with van der Waals surface area (Å²) in [6.07, 6.45) is 1.64. The number of para-hydroxylation sites is 1. The molecular weight excluding hydrogens is 336 g/mol. The number of hydrogen-bond donors (Lipinski definition) is 2. The van der Waals surface area contributed by atoms with Crippen molar-refractivity contribution in [2.75, 3.05) is 5.32 Å². The monoisotopic (exact) mass is 350 g/mol. The second kappa shape index (κ2) is 6.45. The number of nitrogens with zero attached hydrogens (tertiary/aromatic N) is 2. The highest BCUT2D eigenvalue weighted by Crippen LogP contribution is 2.25. The smallest absolute Gasteiger partial charge is 0.294 e. The lowest BCUT2D eigenvalue weighted by Crippen LogP contribution is -2.32. The zero-order chi connectivity index (χ0) is 17.2. The zero-order valence-corrected chi connectivity index (χ0v) is 14.0. The Morgan fingerprint density at radius 2 is 1.80 bits per heavy atom. The topological polar surface area (TPSA) is 83.5 Å². The lowest BCUT2D eigenvalue weighted by atomic mass is 10.1. The molecular formula is C18H14N4O2S. The average Bonchev–Trinajstić information content (AvgIpc) is 3.22. The molecule has 1 aliphatic carbocycles. The summed E-state index contributed by atoms with van der Waals surface area (Å²) < 4.78 is 0.945. The molecule has 25 heavy (non-hydrogen) atoms. The highest BCUT2D eigenvalue weighted by atomic mass is 32.1. The molecule has 2 amide bonds. The van der Waals surface area contributed by atoms with Crippen molar-refractivity contribution in [3.05, 3.63) is 59.7 Å². The van der Waals surface area contributed by atoms with Gasteiger partial charge < -0.3 is 0 Å².